The van der Waals surface area contributed by atoms with E-state index in [-0.39, 0.29) is 17.7 Å². The number of oxime groups is 1. The fourth-order valence-electron chi connectivity index (χ4n) is 2.56. The second-order valence-electron chi connectivity index (χ2n) is 5.37. The minimum atomic E-state index is 0.0165. The minimum Gasteiger partial charge on any atom is -0.409 e. The van der Waals surface area contributed by atoms with E-state index in [9.17, 15) is 4.79 Å². The molecule has 0 saturated carbocycles. The zero-order valence-electron chi connectivity index (χ0n) is 12.0. The van der Waals surface area contributed by atoms with Gasteiger partial charge in [0.2, 0.25) is 5.91 Å². The van der Waals surface area contributed by atoms with E-state index in [2.05, 4.69) is 12.1 Å². The monoisotopic (exact) mass is 269 g/mol. The van der Waals surface area contributed by atoms with Gasteiger partial charge in [0, 0.05) is 25.4 Å². The Balaban J connectivity index is 2.28. The summed E-state index contributed by atoms with van der Waals surface area (Å²) in [6.45, 7) is 3.60. The lowest BCUT2D eigenvalue weighted by Gasteiger charge is -2.32. The van der Waals surface area contributed by atoms with E-state index in [0.717, 1.165) is 32.2 Å². The van der Waals surface area contributed by atoms with Gasteiger partial charge in [-0.3, -0.25) is 4.79 Å². The maximum Gasteiger partial charge on any atom is 0.222 e. The number of amidine groups is 1. The molecule has 1 atom stereocenters. The summed E-state index contributed by atoms with van der Waals surface area (Å²) in [5.41, 5.74) is 5.63. The lowest BCUT2D eigenvalue weighted by Crippen LogP contribution is -2.44. The molecule has 19 heavy (non-hydrogen) atoms. The summed E-state index contributed by atoms with van der Waals surface area (Å²) in [6.07, 6.45) is 8.27. The fourth-order valence-corrected chi connectivity index (χ4v) is 2.56. The molecule has 1 heterocycles. The Labute approximate surface area is 115 Å². The summed E-state index contributed by atoms with van der Waals surface area (Å²) < 4.78 is 0. The summed E-state index contributed by atoms with van der Waals surface area (Å²) in [4.78, 5) is 13.9. The number of nitrogens with zero attached hydrogens (tertiary/aromatic N) is 2. The highest BCUT2D eigenvalue weighted by molar-refractivity contribution is 5.83. The molecule has 0 spiro atoms. The highest BCUT2D eigenvalue weighted by atomic mass is 16.4. The summed E-state index contributed by atoms with van der Waals surface area (Å²) in [5.74, 6) is 0.482. The molecule has 0 aromatic carbocycles. The first-order valence-corrected chi connectivity index (χ1v) is 7.44. The van der Waals surface area contributed by atoms with Gasteiger partial charge in [0.05, 0.1) is 0 Å². The number of likely N-dealkylation sites (tertiary alicyclic amines) is 1. The van der Waals surface area contributed by atoms with Crippen LogP contribution in [-0.4, -0.2) is 34.9 Å². The molecule has 0 aromatic heterocycles. The first-order chi connectivity index (χ1) is 9.19. The van der Waals surface area contributed by atoms with Crippen LogP contribution in [0.1, 0.15) is 58.3 Å². The van der Waals surface area contributed by atoms with E-state index >= 15 is 0 Å². The van der Waals surface area contributed by atoms with Gasteiger partial charge in [-0.2, -0.15) is 0 Å². The van der Waals surface area contributed by atoms with Gasteiger partial charge in [-0.15, -0.1) is 0 Å². The van der Waals surface area contributed by atoms with E-state index in [1.807, 2.05) is 4.90 Å². The SMILES string of the molecule is CCCCCCCC(=O)N1CCCC(C(N)=NO)C1. The molecule has 1 saturated heterocycles. The number of unbranched alkanes of at least 4 members (excludes halogenated alkanes) is 4. The van der Waals surface area contributed by atoms with Crippen LogP contribution in [0.3, 0.4) is 0 Å². The smallest absolute Gasteiger partial charge is 0.222 e. The van der Waals surface area contributed by atoms with Crippen LogP contribution < -0.4 is 5.73 Å². The van der Waals surface area contributed by atoms with Crippen molar-refractivity contribution in [3.63, 3.8) is 0 Å². The predicted octanol–water partition coefficient (Wildman–Crippen LogP) is 2.33. The van der Waals surface area contributed by atoms with Crippen LogP contribution in [-0.2, 0) is 4.79 Å². The number of hydrogen-bond acceptors (Lipinski definition) is 3. The Morgan fingerprint density at radius 1 is 1.37 bits per heavy atom. The maximum atomic E-state index is 12.1. The number of nitrogens with two attached hydrogens (primary N) is 1. The Hall–Kier alpha value is -1.26. The van der Waals surface area contributed by atoms with Crippen LogP contribution >= 0.6 is 0 Å². The van der Waals surface area contributed by atoms with Crippen molar-refractivity contribution in [2.24, 2.45) is 16.8 Å². The highest BCUT2D eigenvalue weighted by Gasteiger charge is 2.25. The Bertz CT molecular complexity index is 305. The third-order valence-corrected chi connectivity index (χ3v) is 3.80. The quantitative estimate of drug-likeness (QED) is 0.245. The molecule has 0 aliphatic carbocycles. The Kier molecular flexibility index (Phi) is 7.30. The van der Waals surface area contributed by atoms with Gasteiger partial charge in [0.25, 0.3) is 0 Å². The van der Waals surface area contributed by atoms with Crippen molar-refractivity contribution in [3.8, 4) is 0 Å². The number of carbonyl (C=O) groups excluding carboxylic acids is 1. The van der Waals surface area contributed by atoms with Crippen molar-refractivity contribution in [1.29, 1.82) is 0 Å². The van der Waals surface area contributed by atoms with E-state index in [1.165, 1.54) is 19.3 Å². The van der Waals surface area contributed by atoms with Crippen LogP contribution in [0.25, 0.3) is 0 Å². The topological polar surface area (TPSA) is 78.9 Å². The van der Waals surface area contributed by atoms with Crippen LogP contribution in [0.5, 0.6) is 0 Å². The molecular weight excluding hydrogens is 242 g/mol. The third-order valence-electron chi connectivity index (χ3n) is 3.80. The molecule has 1 fully saturated rings. The fraction of sp³-hybridized carbons (Fsp3) is 0.857. The van der Waals surface area contributed by atoms with Gasteiger partial charge >= 0.3 is 0 Å². The molecule has 1 unspecified atom stereocenters. The second kappa shape index (κ2) is 8.77. The van der Waals surface area contributed by atoms with Gasteiger partial charge < -0.3 is 15.8 Å². The standard InChI is InChI=1S/C14H27N3O2/c1-2-3-4-5-6-9-13(18)17-10-7-8-12(11-17)14(15)16-19/h12,19H,2-11H2,1H3,(H2,15,16). The molecule has 0 aromatic rings. The van der Waals surface area contributed by atoms with Crippen LogP contribution in [0.4, 0.5) is 0 Å². The zero-order chi connectivity index (χ0) is 14.1. The zero-order valence-corrected chi connectivity index (χ0v) is 12.0. The van der Waals surface area contributed by atoms with E-state index in [1.54, 1.807) is 0 Å². The first kappa shape index (κ1) is 15.8. The van der Waals surface area contributed by atoms with E-state index in [4.69, 9.17) is 10.9 Å². The average molecular weight is 269 g/mol. The highest BCUT2D eigenvalue weighted by Crippen LogP contribution is 2.18. The predicted molar refractivity (Wildman–Crippen MR) is 76.1 cm³/mol. The number of amides is 1. The maximum absolute atomic E-state index is 12.1. The number of piperidine rings is 1. The normalized spacial score (nSPS) is 20.6. The van der Waals surface area contributed by atoms with Crippen molar-refractivity contribution >= 4 is 11.7 Å². The van der Waals surface area contributed by atoms with Crippen LogP contribution in [0.2, 0.25) is 0 Å². The summed E-state index contributed by atoms with van der Waals surface area (Å²) >= 11 is 0. The third kappa shape index (κ3) is 5.49. The van der Waals surface area contributed by atoms with Gasteiger partial charge in [0.15, 0.2) is 0 Å². The van der Waals surface area contributed by atoms with Crippen LogP contribution in [0, 0.1) is 5.92 Å². The Morgan fingerprint density at radius 3 is 2.79 bits per heavy atom. The second-order valence-corrected chi connectivity index (χ2v) is 5.37. The van der Waals surface area contributed by atoms with Crippen molar-refractivity contribution < 1.29 is 10.0 Å². The minimum absolute atomic E-state index is 0.0165. The van der Waals surface area contributed by atoms with Crippen LogP contribution in [0.15, 0.2) is 5.16 Å². The molecule has 5 heteroatoms. The van der Waals surface area contributed by atoms with Crippen molar-refractivity contribution in [2.45, 2.75) is 58.3 Å². The number of hydrogen-bond donors (Lipinski definition) is 2. The number of rotatable bonds is 7. The van der Waals surface area contributed by atoms with Crippen molar-refractivity contribution in [1.82, 2.24) is 4.90 Å². The lowest BCUT2D eigenvalue weighted by atomic mass is 9.96. The molecule has 3 N–H and O–H groups in total. The first-order valence-electron chi connectivity index (χ1n) is 7.44. The summed E-state index contributed by atoms with van der Waals surface area (Å²) in [5, 5.41) is 11.8. The molecular formula is C14H27N3O2. The van der Waals surface area contributed by atoms with Gasteiger partial charge in [-0.25, -0.2) is 0 Å². The Morgan fingerprint density at radius 2 is 2.11 bits per heavy atom. The molecule has 110 valence electrons. The van der Waals surface area contributed by atoms with E-state index < -0.39 is 0 Å². The lowest BCUT2D eigenvalue weighted by molar-refractivity contribution is -0.132. The summed E-state index contributed by atoms with van der Waals surface area (Å²) in [7, 11) is 0. The molecule has 0 radical (unpaired) electrons. The summed E-state index contributed by atoms with van der Waals surface area (Å²) in [6, 6.07) is 0. The molecule has 1 aliphatic heterocycles. The molecule has 1 aliphatic rings. The van der Waals surface area contributed by atoms with E-state index in [0.29, 0.717) is 13.0 Å². The molecule has 5 nitrogen and oxygen atoms in total. The van der Waals surface area contributed by atoms with Gasteiger partial charge in [-0.05, 0) is 19.3 Å². The molecule has 1 rings (SSSR count). The molecule has 0 bridgehead atoms. The average Bonchev–Trinajstić information content (AvgIpc) is 2.46. The number of carbonyl (C=O) groups is 1. The van der Waals surface area contributed by atoms with Crippen molar-refractivity contribution in [3.05, 3.63) is 0 Å². The van der Waals surface area contributed by atoms with Gasteiger partial charge in [-0.1, -0.05) is 37.8 Å². The van der Waals surface area contributed by atoms with Gasteiger partial charge in [0.1, 0.15) is 5.84 Å². The molecule has 1 amide bonds. The largest absolute Gasteiger partial charge is 0.409 e. The van der Waals surface area contributed by atoms with Crippen molar-refractivity contribution in [2.75, 3.05) is 13.1 Å².